The number of benzene rings is 2. The van der Waals surface area contributed by atoms with E-state index in [2.05, 4.69) is 20.9 Å². The molecule has 3 amide bonds. The lowest BCUT2D eigenvalue weighted by Gasteiger charge is -2.20. The minimum absolute atomic E-state index is 0.0719. The second kappa shape index (κ2) is 8.83. The van der Waals surface area contributed by atoms with Crippen molar-refractivity contribution in [2.45, 2.75) is 24.9 Å². The number of hydrogen-bond donors (Lipinski definition) is 3. The third-order valence-corrected chi connectivity index (χ3v) is 5.27. The van der Waals surface area contributed by atoms with E-state index in [9.17, 15) is 14.4 Å². The summed E-state index contributed by atoms with van der Waals surface area (Å²) in [5, 5.41) is 8.48. The molecule has 4 rings (SSSR count). The van der Waals surface area contributed by atoms with Gasteiger partial charge in [-0.3, -0.25) is 14.4 Å². The largest absolute Gasteiger partial charge is 0.342 e. The first-order chi connectivity index (χ1) is 15.0. The molecular weight excluding hydrogens is 394 g/mol. The fourth-order valence-electron chi connectivity index (χ4n) is 3.62. The van der Waals surface area contributed by atoms with Crippen molar-refractivity contribution in [2.24, 2.45) is 7.05 Å². The van der Waals surface area contributed by atoms with E-state index in [0.717, 1.165) is 5.56 Å². The summed E-state index contributed by atoms with van der Waals surface area (Å²) in [6.45, 7) is 0. The van der Waals surface area contributed by atoms with Crippen molar-refractivity contribution in [3.8, 4) is 0 Å². The van der Waals surface area contributed by atoms with Crippen LogP contribution in [0.25, 0.3) is 0 Å². The Kier molecular flexibility index (Phi) is 5.79. The van der Waals surface area contributed by atoms with Crippen LogP contribution in [0.5, 0.6) is 0 Å². The highest BCUT2D eigenvalue weighted by Gasteiger charge is 2.28. The van der Waals surface area contributed by atoms with E-state index in [-0.39, 0.29) is 30.6 Å². The molecule has 31 heavy (non-hydrogen) atoms. The number of aryl methyl sites for hydroxylation is 1. The monoisotopic (exact) mass is 417 g/mol. The van der Waals surface area contributed by atoms with Crippen LogP contribution >= 0.6 is 0 Å². The van der Waals surface area contributed by atoms with Crippen LogP contribution in [-0.4, -0.2) is 33.3 Å². The van der Waals surface area contributed by atoms with E-state index in [0.29, 0.717) is 17.1 Å². The highest BCUT2D eigenvalue weighted by molar-refractivity contribution is 6.09. The van der Waals surface area contributed by atoms with E-state index < -0.39 is 12.1 Å². The lowest BCUT2D eigenvalue weighted by molar-refractivity contribution is -0.122. The third-order valence-electron chi connectivity index (χ3n) is 5.27. The number of fused-ring (bicyclic) bond motifs is 1. The van der Waals surface area contributed by atoms with Gasteiger partial charge in [0.25, 0.3) is 5.91 Å². The number of anilines is 1. The van der Waals surface area contributed by atoms with Crippen LogP contribution in [0.4, 0.5) is 5.69 Å². The average Bonchev–Trinajstić information content (AvgIpc) is 3.16. The summed E-state index contributed by atoms with van der Waals surface area (Å²) in [5.74, 6) is -0.208. The minimum atomic E-state index is -0.797. The molecule has 0 radical (unpaired) electrons. The molecule has 8 heteroatoms. The van der Waals surface area contributed by atoms with E-state index >= 15 is 0 Å². The van der Waals surface area contributed by atoms with E-state index in [4.69, 9.17) is 0 Å². The summed E-state index contributed by atoms with van der Waals surface area (Å²) in [4.78, 5) is 42.1. The Morgan fingerprint density at radius 3 is 2.61 bits per heavy atom. The van der Waals surface area contributed by atoms with Crippen molar-refractivity contribution in [2.75, 3.05) is 5.32 Å². The zero-order chi connectivity index (χ0) is 21.8. The van der Waals surface area contributed by atoms with Crippen molar-refractivity contribution in [1.82, 2.24) is 20.2 Å². The maximum atomic E-state index is 12.8. The minimum Gasteiger partial charge on any atom is -0.342 e. The predicted octanol–water partition coefficient (Wildman–Crippen LogP) is 2.16. The van der Waals surface area contributed by atoms with Gasteiger partial charge in [-0.15, -0.1) is 0 Å². The van der Waals surface area contributed by atoms with Crippen LogP contribution in [0.15, 0.2) is 67.0 Å². The second-order valence-corrected chi connectivity index (χ2v) is 7.41. The van der Waals surface area contributed by atoms with Crippen molar-refractivity contribution in [3.63, 3.8) is 0 Å². The summed E-state index contributed by atoms with van der Waals surface area (Å²) >= 11 is 0. The number of aromatic nitrogens is 2. The number of amides is 3. The molecule has 0 aliphatic carbocycles. The molecule has 1 aliphatic rings. The highest BCUT2D eigenvalue weighted by Crippen LogP contribution is 2.22. The predicted molar refractivity (Wildman–Crippen MR) is 115 cm³/mol. The zero-order valence-corrected chi connectivity index (χ0v) is 17.0. The van der Waals surface area contributed by atoms with Crippen LogP contribution in [-0.2, 0) is 16.6 Å². The van der Waals surface area contributed by atoms with Gasteiger partial charge in [-0.25, -0.2) is 4.98 Å². The molecular formula is C23H23N5O3. The van der Waals surface area contributed by atoms with Gasteiger partial charge in [0.05, 0.1) is 11.3 Å². The molecule has 3 aromatic rings. The quantitative estimate of drug-likeness (QED) is 0.572. The summed E-state index contributed by atoms with van der Waals surface area (Å²) in [6, 6.07) is 15.2. The maximum Gasteiger partial charge on any atom is 0.254 e. The SMILES string of the molecule is Cn1ccnc1[C@@H](NC(=O)CC[C@@H]1NC(=O)c2ccccc2NC1=O)c1ccccc1. The first kappa shape index (κ1) is 20.3. The van der Waals surface area contributed by atoms with Crippen molar-refractivity contribution in [3.05, 3.63) is 83.9 Å². The molecule has 2 heterocycles. The summed E-state index contributed by atoms with van der Waals surface area (Å²) < 4.78 is 1.86. The van der Waals surface area contributed by atoms with Gasteiger partial charge < -0.3 is 20.5 Å². The number of para-hydroxylation sites is 1. The van der Waals surface area contributed by atoms with Crippen LogP contribution < -0.4 is 16.0 Å². The van der Waals surface area contributed by atoms with Crippen LogP contribution in [0, 0.1) is 0 Å². The number of carbonyl (C=O) groups excluding carboxylic acids is 3. The molecule has 1 aromatic heterocycles. The standard InChI is InChI=1S/C23H23N5O3/c1-28-14-13-24-21(28)20(15-7-3-2-4-8-15)27-19(29)12-11-18-23(31)25-17-10-6-5-9-16(17)22(30)26-18/h2-10,13-14,18,20H,11-12H2,1H3,(H,25,31)(H,26,30)(H,27,29)/t18-,20-/m0/s1. The Morgan fingerprint density at radius 2 is 1.87 bits per heavy atom. The van der Waals surface area contributed by atoms with Crippen LogP contribution in [0.1, 0.15) is 40.6 Å². The van der Waals surface area contributed by atoms with E-state index in [1.54, 1.807) is 30.5 Å². The molecule has 0 bridgehead atoms. The smallest absolute Gasteiger partial charge is 0.254 e. The third kappa shape index (κ3) is 4.48. The Labute approximate surface area is 179 Å². The van der Waals surface area contributed by atoms with E-state index in [1.807, 2.05) is 48.1 Å². The normalized spacial score (nSPS) is 16.5. The molecule has 3 N–H and O–H groups in total. The highest BCUT2D eigenvalue weighted by atomic mass is 16.2. The van der Waals surface area contributed by atoms with Crippen molar-refractivity contribution in [1.29, 1.82) is 0 Å². The molecule has 0 spiro atoms. The first-order valence-corrected chi connectivity index (χ1v) is 10.0. The molecule has 0 saturated carbocycles. The Morgan fingerprint density at radius 1 is 1.13 bits per heavy atom. The molecule has 0 saturated heterocycles. The lowest BCUT2D eigenvalue weighted by atomic mass is 10.1. The summed E-state index contributed by atoms with van der Waals surface area (Å²) in [5.41, 5.74) is 1.78. The number of nitrogens with zero attached hydrogens (tertiary/aromatic N) is 2. The molecule has 8 nitrogen and oxygen atoms in total. The number of carbonyl (C=O) groups is 3. The topological polar surface area (TPSA) is 105 Å². The maximum absolute atomic E-state index is 12.8. The Hall–Kier alpha value is -3.94. The molecule has 0 fully saturated rings. The molecule has 0 unspecified atom stereocenters. The van der Waals surface area contributed by atoms with Crippen molar-refractivity contribution >= 4 is 23.4 Å². The van der Waals surface area contributed by atoms with Gasteiger partial charge >= 0.3 is 0 Å². The number of imidazole rings is 1. The fraction of sp³-hybridized carbons (Fsp3) is 0.217. The zero-order valence-electron chi connectivity index (χ0n) is 17.0. The average molecular weight is 417 g/mol. The van der Waals surface area contributed by atoms with Gasteiger partial charge in [0.2, 0.25) is 11.8 Å². The molecule has 158 valence electrons. The Balaban J connectivity index is 1.44. The summed E-state index contributed by atoms with van der Waals surface area (Å²) in [7, 11) is 1.87. The number of rotatable bonds is 6. The van der Waals surface area contributed by atoms with Crippen molar-refractivity contribution < 1.29 is 14.4 Å². The van der Waals surface area contributed by atoms with Gasteiger partial charge in [-0.05, 0) is 24.1 Å². The molecule has 2 atom stereocenters. The number of nitrogens with one attached hydrogen (secondary N) is 3. The van der Waals surface area contributed by atoms with Gasteiger partial charge in [0.15, 0.2) is 0 Å². The number of hydrogen-bond acceptors (Lipinski definition) is 4. The summed E-state index contributed by atoms with van der Waals surface area (Å²) in [6.07, 6.45) is 3.75. The molecule has 1 aliphatic heterocycles. The van der Waals surface area contributed by atoms with Gasteiger partial charge in [-0.2, -0.15) is 0 Å². The first-order valence-electron chi connectivity index (χ1n) is 10.0. The Bertz CT molecular complexity index is 1110. The fourth-order valence-corrected chi connectivity index (χ4v) is 3.62. The van der Waals surface area contributed by atoms with Crippen LogP contribution in [0.2, 0.25) is 0 Å². The lowest BCUT2D eigenvalue weighted by Crippen LogP contribution is -2.42. The van der Waals surface area contributed by atoms with E-state index in [1.165, 1.54) is 0 Å². The van der Waals surface area contributed by atoms with Gasteiger partial charge in [-0.1, -0.05) is 42.5 Å². The van der Waals surface area contributed by atoms with Gasteiger partial charge in [0.1, 0.15) is 17.9 Å². The molecule has 2 aromatic carbocycles. The van der Waals surface area contributed by atoms with Crippen LogP contribution in [0.3, 0.4) is 0 Å². The van der Waals surface area contributed by atoms with Gasteiger partial charge in [0, 0.05) is 25.9 Å². The second-order valence-electron chi connectivity index (χ2n) is 7.41.